The first kappa shape index (κ1) is 20.9. The number of hydrogen-bond donors (Lipinski definition) is 1. The van der Waals surface area contributed by atoms with Gasteiger partial charge in [-0.05, 0) is 24.3 Å². The Morgan fingerprint density at radius 1 is 1.28 bits per heavy atom. The summed E-state index contributed by atoms with van der Waals surface area (Å²) in [6, 6.07) is 13.2. The SMILES string of the molecule is CN(CCOc1ccccc1F)C(=O)CSc1nnc(-c2cccc(Cl)c2)n1N. The minimum atomic E-state index is -0.435. The lowest BCUT2D eigenvalue weighted by atomic mass is 10.2. The van der Waals surface area contributed by atoms with Crippen molar-refractivity contribution < 1.29 is 13.9 Å². The van der Waals surface area contributed by atoms with Gasteiger partial charge in [0.25, 0.3) is 0 Å². The Bertz CT molecular complexity index is 1000. The number of hydrogen-bond acceptors (Lipinski definition) is 6. The van der Waals surface area contributed by atoms with E-state index in [4.69, 9.17) is 22.2 Å². The lowest BCUT2D eigenvalue weighted by Gasteiger charge is -2.17. The molecule has 0 saturated heterocycles. The van der Waals surface area contributed by atoms with E-state index in [9.17, 15) is 9.18 Å². The second kappa shape index (κ2) is 9.62. The number of halogens is 2. The van der Waals surface area contributed by atoms with Crippen molar-refractivity contribution in [2.45, 2.75) is 5.16 Å². The average molecular weight is 436 g/mol. The number of rotatable bonds is 8. The molecule has 0 atom stereocenters. The Labute approximate surface area is 176 Å². The molecule has 0 aliphatic carbocycles. The molecular weight excluding hydrogens is 417 g/mol. The summed E-state index contributed by atoms with van der Waals surface area (Å²) >= 11 is 7.17. The van der Waals surface area contributed by atoms with Crippen LogP contribution in [0.3, 0.4) is 0 Å². The highest BCUT2D eigenvalue weighted by Gasteiger charge is 2.16. The fourth-order valence-electron chi connectivity index (χ4n) is 2.42. The number of benzene rings is 2. The summed E-state index contributed by atoms with van der Waals surface area (Å²) in [6.45, 7) is 0.497. The molecule has 3 aromatic rings. The van der Waals surface area contributed by atoms with E-state index < -0.39 is 5.82 Å². The zero-order chi connectivity index (χ0) is 20.8. The number of thioether (sulfide) groups is 1. The van der Waals surface area contributed by atoms with Crippen molar-refractivity contribution in [3.05, 3.63) is 59.4 Å². The molecule has 0 radical (unpaired) electrons. The summed E-state index contributed by atoms with van der Waals surface area (Å²) in [4.78, 5) is 13.8. The van der Waals surface area contributed by atoms with Gasteiger partial charge in [-0.15, -0.1) is 10.2 Å². The fraction of sp³-hybridized carbons (Fsp3) is 0.211. The van der Waals surface area contributed by atoms with Gasteiger partial charge in [-0.1, -0.05) is 47.6 Å². The lowest BCUT2D eigenvalue weighted by molar-refractivity contribution is -0.127. The van der Waals surface area contributed by atoms with Crippen LogP contribution in [0.4, 0.5) is 4.39 Å². The molecule has 1 amide bonds. The number of carbonyl (C=O) groups is 1. The first-order valence-corrected chi connectivity index (χ1v) is 10.0. The average Bonchev–Trinajstić information content (AvgIpc) is 3.08. The number of ether oxygens (including phenoxy) is 1. The Kier molecular flexibility index (Phi) is 6.95. The molecule has 1 aromatic heterocycles. The number of carbonyl (C=O) groups excluding carboxylic acids is 1. The molecule has 0 aliphatic heterocycles. The van der Waals surface area contributed by atoms with Gasteiger partial charge in [-0.2, -0.15) is 0 Å². The first-order valence-electron chi connectivity index (χ1n) is 8.66. The normalized spacial score (nSPS) is 10.7. The topological polar surface area (TPSA) is 86.3 Å². The van der Waals surface area contributed by atoms with Crippen LogP contribution < -0.4 is 10.6 Å². The van der Waals surface area contributed by atoms with E-state index >= 15 is 0 Å². The Morgan fingerprint density at radius 3 is 2.83 bits per heavy atom. The van der Waals surface area contributed by atoms with Crippen LogP contribution in [0.5, 0.6) is 5.75 Å². The number of amides is 1. The fourth-order valence-corrected chi connectivity index (χ4v) is 3.40. The molecule has 2 aromatic carbocycles. The highest BCUT2D eigenvalue weighted by Crippen LogP contribution is 2.24. The van der Waals surface area contributed by atoms with Crippen molar-refractivity contribution in [2.75, 3.05) is 31.8 Å². The van der Waals surface area contributed by atoms with Gasteiger partial charge in [-0.3, -0.25) is 4.79 Å². The van der Waals surface area contributed by atoms with E-state index in [1.165, 1.54) is 27.4 Å². The van der Waals surface area contributed by atoms with Gasteiger partial charge in [-0.25, -0.2) is 9.07 Å². The van der Waals surface area contributed by atoms with Gasteiger partial charge >= 0.3 is 0 Å². The van der Waals surface area contributed by atoms with Crippen molar-refractivity contribution in [1.29, 1.82) is 0 Å². The molecule has 152 valence electrons. The number of nitrogens with two attached hydrogens (primary N) is 1. The lowest BCUT2D eigenvalue weighted by Crippen LogP contribution is -2.32. The zero-order valence-electron chi connectivity index (χ0n) is 15.6. The second-order valence-electron chi connectivity index (χ2n) is 6.07. The Balaban J connectivity index is 1.50. The first-order chi connectivity index (χ1) is 14.0. The monoisotopic (exact) mass is 435 g/mol. The number of nitrogens with zero attached hydrogens (tertiary/aromatic N) is 4. The molecule has 10 heteroatoms. The van der Waals surface area contributed by atoms with Crippen molar-refractivity contribution >= 4 is 29.3 Å². The molecule has 3 rings (SSSR count). The van der Waals surface area contributed by atoms with Crippen LogP contribution in [0.2, 0.25) is 5.02 Å². The standard InChI is InChI=1S/C19H19ClFN5O2S/c1-25(9-10-28-16-8-3-2-7-15(16)21)17(27)12-29-19-24-23-18(26(19)22)13-5-4-6-14(20)11-13/h2-8,11H,9-10,12,22H2,1H3. The highest BCUT2D eigenvalue weighted by molar-refractivity contribution is 7.99. The maximum Gasteiger partial charge on any atom is 0.232 e. The number of aromatic nitrogens is 3. The number of nitrogen functional groups attached to an aromatic ring is 1. The summed E-state index contributed by atoms with van der Waals surface area (Å²) in [6.07, 6.45) is 0. The van der Waals surface area contributed by atoms with Crippen LogP contribution in [-0.4, -0.2) is 51.6 Å². The molecule has 0 aliphatic rings. The molecule has 0 fully saturated rings. The molecular formula is C19H19ClFN5O2S. The third kappa shape index (κ3) is 5.39. The molecule has 29 heavy (non-hydrogen) atoms. The van der Waals surface area contributed by atoms with Crippen molar-refractivity contribution in [2.24, 2.45) is 0 Å². The summed E-state index contributed by atoms with van der Waals surface area (Å²) in [7, 11) is 1.65. The molecule has 0 bridgehead atoms. The number of likely N-dealkylation sites (N-methyl/N-ethyl adjacent to an activating group) is 1. The molecule has 0 spiro atoms. The molecule has 0 saturated carbocycles. The summed E-state index contributed by atoms with van der Waals surface area (Å²) in [5, 5.41) is 9.08. The number of para-hydroxylation sites is 1. The van der Waals surface area contributed by atoms with Gasteiger partial charge in [0.15, 0.2) is 17.4 Å². The molecule has 7 nitrogen and oxygen atoms in total. The van der Waals surface area contributed by atoms with Crippen molar-refractivity contribution in [1.82, 2.24) is 19.8 Å². The Hall–Kier alpha value is -2.78. The van der Waals surface area contributed by atoms with Crippen LogP contribution in [0.1, 0.15) is 0 Å². The summed E-state index contributed by atoms with van der Waals surface area (Å²) in [5.41, 5.74) is 0.730. The third-order valence-electron chi connectivity index (χ3n) is 4.02. The zero-order valence-corrected chi connectivity index (χ0v) is 17.2. The maximum absolute atomic E-state index is 13.5. The van der Waals surface area contributed by atoms with E-state index in [0.717, 1.165) is 5.56 Å². The molecule has 1 heterocycles. The maximum atomic E-state index is 13.5. The van der Waals surface area contributed by atoms with Gasteiger partial charge in [0, 0.05) is 17.6 Å². The van der Waals surface area contributed by atoms with Crippen LogP contribution in [-0.2, 0) is 4.79 Å². The molecule has 2 N–H and O–H groups in total. The van der Waals surface area contributed by atoms with Crippen LogP contribution >= 0.6 is 23.4 Å². The van der Waals surface area contributed by atoms with Gasteiger partial charge in [0.2, 0.25) is 11.1 Å². The second-order valence-corrected chi connectivity index (χ2v) is 7.45. The van der Waals surface area contributed by atoms with E-state index in [0.29, 0.717) is 22.5 Å². The summed E-state index contributed by atoms with van der Waals surface area (Å²) < 4.78 is 20.2. The largest absolute Gasteiger partial charge is 0.489 e. The van der Waals surface area contributed by atoms with Crippen molar-refractivity contribution in [3.63, 3.8) is 0 Å². The van der Waals surface area contributed by atoms with Crippen LogP contribution in [0.15, 0.2) is 53.7 Å². The quantitative estimate of drug-likeness (QED) is 0.432. The minimum Gasteiger partial charge on any atom is -0.489 e. The Morgan fingerprint density at radius 2 is 2.07 bits per heavy atom. The van der Waals surface area contributed by atoms with E-state index in [1.54, 1.807) is 43.4 Å². The summed E-state index contributed by atoms with van der Waals surface area (Å²) in [5.74, 6) is 6.22. The highest BCUT2D eigenvalue weighted by atomic mass is 35.5. The minimum absolute atomic E-state index is 0.126. The van der Waals surface area contributed by atoms with Crippen LogP contribution in [0.25, 0.3) is 11.4 Å². The van der Waals surface area contributed by atoms with Gasteiger partial charge < -0.3 is 15.5 Å². The molecule has 0 unspecified atom stereocenters. The van der Waals surface area contributed by atoms with E-state index in [-0.39, 0.29) is 24.0 Å². The van der Waals surface area contributed by atoms with Gasteiger partial charge in [0.05, 0.1) is 12.3 Å². The van der Waals surface area contributed by atoms with Crippen LogP contribution in [0, 0.1) is 5.82 Å². The van der Waals surface area contributed by atoms with Gasteiger partial charge in [0.1, 0.15) is 6.61 Å². The third-order valence-corrected chi connectivity index (χ3v) is 5.18. The smallest absolute Gasteiger partial charge is 0.232 e. The predicted molar refractivity (Wildman–Crippen MR) is 111 cm³/mol. The van der Waals surface area contributed by atoms with E-state index in [1.807, 2.05) is 6.07 Å². The van der Waals surface area contributed by atoms with Crippen molar-refractivity contribution in [3.8, 4) is 17.1 Å². The van der Waals surface area contributed by atoms with E-state index in [2.05, 4.69) is 10.2 Å². The predicted octanol–water partition coefficient (Wildman–Crippen LogP) is 3.08.